The SMILES string of the molecule is O/N=C\c1nc2ccccc2nc1-c1ccccc1. The van der Waals surface area contributed by atoms with Crippen LogP contribution in [0.4, 0.5) is 0 Å². The van der Waals surface area contributed by atoms with E-state index in [2.05, 4.69) is 15.1 Å². The van der Waals surface area contributed by atoms with Gasteiger partial charge in [0.25, 0.3) is 0 Å². The van der Waals surface area contributed by atoms with Crippen LogP contribution in [0.25, 0.3) is 22.3 Å². The Labute approximate surface area is 110 Å². The van der Waals surface area contributed by atoms with Gasteiger partial charge >= 0.3 is 0 Å². The molecule has 0 fully saturated rings. The molecule has 4 nitrogen and oxygen atoms in total. The van der Waals surface area contributed by atoms with Gasteiger partial charge in [0.2, 0.25) is 0 Å². The molecule has 0 saturated heterocycles. The molecular weight excluding hydrogens is 238 g/mol. The summed E-state index contributed by atoms with van der Waals surface area (Å²) < 4.78 is 0. The summed E-state index contributed by atoms with van der Waals surface area (Å²) in [5, 5.41) is 11.8. The summed E-state index contributed by atoms with van der Waals surface area (Å²) in [6.45, 7) is 0. The predicted molar refractivity (Wildman–Crippen MR) is 74.4 cm³/mol. The van der Waals surface area contributed by atoms with E-state index in [0.717, 1.165) is 16.6 Å². The van der Waals surface area contributed by atoms with Crippen LogP contribution in [0.2, 0.25) is 0 Å². The summed E-state index contributed by atoms with van der Waals surface area (Å²) in [6.07, 6.45) is 1.31. The number of nitrogens with zero attached hydrogens (tertiary/aromatic N) is 3. The number of hydrogen-bond acceptors (Lipinski definition) is 4. The van der Waals surface area contributed by atoms with Crippen LogP contribution >= 0.6 is 0 Å². The van der Waals surface area contributed by atoms with Crippen molar-refractivity contribution in [2.24, 2.45) is 5.16 Å². The molecule has 0 bridgehead atoms. The van der Waals surface area contributed by atoms with Crippen molar-refractivity contribution < 1.29 is 5.21 Å². The first kappa shape index (κ1) is 11.3. The predicted octanol–water partition coefficient (Wildman–Crippen LogP) is 3.10. The highest BCUT2D eigenvalue weighted by Crippen LogP contribution is 2.22. The maximum Gasteiger partial charge on any atom is 0.112 e. The molecule has 4 heteroatoms. The van der Waals surface area contributed by atoms with E-state index in [1.165, 1.54) is 6.21 Å². The van der Waals surface area contributed by atoms with Crippen LogP contribution in [0.5, 0.6) is 0 Å². The third kappa shape index (κ3) is 2.15. The van der Waals surface area contributed by atoms with Crippen LogP contribution < -0.4 is 0 Å². The maximum absolute atomic E-state index is 8.76. The van der Waals surface area contributed by atoms with Gasteiger partial charge in [0.15, 0.2) is 0 Å². The van der Waals surface area contributed by atoms with Crippen LogP contribution in [0, 0.1) is 0 Å². The smallest absolute Gasteiger partial charge is 0.112 e. The zero-order valence-electron chi connectivity index (χ0n) is 10.1. The van der Waals surface area contributed by atoms with Crippen molar-refractivity contribution in [2.45, 2.75) is 0 Å². The Balaban J connectivity index is 2.29. The average Bonchev–Trinajstić information content (AvgIpc) is 2.48. The Bertz CT molecular complexity index is 739. The van der Waals surface area contributed by atoms with Gasteiger partial charge in [-0.1, -0.05) is 47.6 Å². The highest BCUT2D eigenvalue weighted by atomic mass is 16.4. The van der Waals surface area contributed by atoms with Crippen LogP contribution in [0.15, 0.2) is 59.8 Å². The maximum atomic E-state index is 8.76. The van der Waals surface area contributed by atoms with Gasteiger partial charge < -0.3 is 5.21 Å². The fourth-order valence-electron chi connectivity index (χ4n) is 1.97. The monoisotopic (exact) mass is 249 g/mol. The second-order valence-corrected chi connectivity index (χ2v) is 4.06. The fourth-order valence-corrected chi connectivity index (χ4v) is 1.97. The Morgan fingerprint density at radius 3 is 2.16 bits per heavy atom. The van der Waals surface area contributed by atoms with Crippen molar-refractivity contribution in [1.29, 1.82) is 0 Å². The average molecular weight is 249 g/mol. The molecule has 0 radical (unpaired) electrons. The molecule has 1 aromatic heterocycles. The number of oxime groups is 1. The highest BCUT2D eigenvalue weighted by molar-refractivity contribution is 5.90. The molecule has 0 atom stereocenters. The van der Waals surface area contributed by atoms with Crippen LogP contribution in [0.3, 0.4) is 0 Å². The molecule has 3 aromatic rings. The third-order valence-corrected chi connectivity index (χ3v) is 2.82. The molecule has 0 aliphatic carbocycles. The van der Waals surface area contributed by atoms with E-state index in [-0.39, 0.29) is 0 Å². The molecule has 1 heterocycles. The van der Waals surface area contributed by atoms with Crippen molar-refractivity contribution >= 4 is 17.2 Å². The molecule has 3 rings (SSSR count). The normalized spacial score (nSPS) is 11.2. The lowest BCUT2D eigenvalue weighted by molar-refractivity contribution is 0.321. The molecule has 0 aliphatic rings. The van der Waals surface area contributed by atoms with Crippen LogP contribution in [-0.4, -0.2) is 21.4 Å². The van der Waals surface area contributed by atoms with Gasteiger partial charge in [-0.15, -0.1) is 0 Å². The van der Waals surface area contributed by atoms with Gasteiger partial charge in [-0.05, 0) is 12.1 Å². The zero-order valence-corrected chi connectivity index (χ0v) is 10.1. The minimum Gasteiger partial charge on any atom is -0.411 e. The lowest BCUT2D eigenvalue weighted by Gasteiger charge is -2.06. The van der Waals surface area contributed by atoms with Crippen LogP contribution in [-0.2, 0) is 0 Å². The van der Waals surface area contributed by atoms with Crippen molar-refractivity contribution in [3.8, 4) is 11.3 Å². The molecule has 0 saturated carbocycles. The minimum absolute atomic E-state index is 0.549. The van der Waals surface area contributed by atoms with Crippen LogP contribution in [0.1, 0.15) is 5.69 Å². The van der Waals surface area contributed by atoms with E-state index < -0.39 is 0 Å². The quantitative estimate of drug-likeness (QED) is 0.431. The summed E-state index contributed by atoms with van der Waals surface area (Å²) in [4.78, 5) is 9.07. The number of para-hydroxylation sites is 2. The summed E-state index contributed by atoms with van der Waals surface area (Å²) in [7, 11) is 0. The largest absolute Gasteiger partial charge is 0.411 e. The minimum atomic E-state index is 0.549. The molecule has 92 valence electrons. The van der Waals surface area contributed by atoms with Gasteiger partial charge in [-0.2, -0.15) is 0 Å². The standard InChI is InChI=1S/C15H11N3O/c19-16-10-14-15(11-6-2-1-3-7-11)18-13-9-5-4-8-12(13)17-14/h1-10,19H/b16-10-. The van der Waals surface area contributed by atoms with Crippen molar-refractivity contribution in [1.82, 2.24) is 9.97 Å². The lowest BCUT2D eigenvalue weighted by atomic mass is 10.1. The molecule has 1 N–H and O–H groups in total. The summed E-state index contributed by atoms with van der Waals surface area (Å²) >= 11 is 0. The third-order valence-electron chi connectivity index (χ3n) is 2.82. The summed E-state index contributed by atoms with van der Waals surface area (Å²) in [6, 6.07) is 17.3. The van der Waals surface area contributed by atoms with E-state index in [4.69, 9.17) is 5.21 Å². The fraction of sp³-hybridized carbons (Fsp3) is 0. The molecular formula is C15H11N3O. The molecule has 0 unspecified atom stereocenters. The Morgan fingerprint density at radius 1 is 0.842 bits per heavy atom. The van der Waals surface area contributed by atoms with E-state index in [1.54, 1.807) is 0 Å². The Hall–Kier alpha value is -2.75. The zero-order chi connectivity index (χ0) is 13.1. The van der Waals surface area contributed by atoms with E-state index in [0.29, 0.717) is 11.4 Å². The summed E-state index contributed by atoms with van der Waals surface area (Å²) in [5.74, 6) is 0. The molecule has 2 aromatic carbocycles. The molecule has 0 spiro atoms. The van der Waals surface area contributed by atoms with E-state index in [9.17, 15) is 0 Å². The van der Waals surface area contributed by atoms with E-state index in [1.807, 2.05) is 54.6 Å². The van der Waals surface area contributed by atoms with Gasteiger partial charge in [0.05, 0.1) is 22.9 Å². The first-order valence-electron chi connectivity index (χ1n) is 5.88. The first-order valence-corrected chi connectivity index (χ1v) is 5.88. The number of aromatic nitrogens is 2. The number of rotatable bonds is 2. The van der Waals surface area contributed by atoms with Gasteiger partial charge in [0.1, 0.15) is 5.69 Å². The first-order chi connectivity index (χ1) is 9.38. The van der Waals surface area contributed by atoms with Crippen molar-refractivity contribution in [3.63, 3.8) is 0 Å². The van der Waals surface area contributed by atoms with Crippen molar-refractivity contribution in [2.75, 3.05) is 0 Å². The lowest BCUT2D eigenvalue weighted by Crippen LogP contribution is -1.98. The Morgan fingerprint density at radius 2 is 1.47 bits per heavy atom. The molecule has 0 aliphatic heterocycles. The van der Waals surface area contributed by atoms with Crippen molar-refractivity contribution in [3.05, 3.63) is 60.3 Å². The van der Waals surface area contributed by atoms with E-state index >= 15 is 0 Å². The topological polar surface area (TPSA) is 58.4 Å². The van der Waals surface area contributed by atoms with Gasteiger partial charge in [-0.25, -0.2) is 9.97 Å². The summed E-state index contributed by atoms with van der Waals surface area (Å²) in [5.41, 5.74) is 3.79. The van der Waals surface area contributed by atoms with Gasteiger partial charge in [-0.3, -0.25) is 0 Å². The highest BCUT2D eigenvalue weighted by Gasteiger charge is 2.09. The molecule has 19 heavy (non-hydrogen) atoms. The number of benzene rings is 2. The second kappa shape index (κ2) is 4.86. The number of hydrogen-bond donors (Lipinski definition) is 1. The molecule has 0 amide bonds. The van der Waals surface area contributed by atoms with Gasteiger partial charge in [0, 0.05) is 5.56 Å². The second-order valence-electron chi connectivity index (χ2n) is 4.06. The number of fused-ring (bicyclic) bond motifs is 1. The Kier molecular flexibility index (Phi) is 2.90.